The maximum atomic E-state index is 12.5. The first-order valence-corrected chi connectivity index (χ1v) is 6.67. The van der Waals surface area contributed by atoms with Gasteiger partial charge in [-0.25, -0.2) is 0 Å². The van der Waals surface area contributed by atoms with Gasteiger partial charge in [0.1, 0.15) is 11.7 Å². The van der Waals surface area contributed by atoms with E-state index in [1.807, 2.05) is 13.0 Å². The third kappa shape index (κ3) is 2.92. The van der Waals surface area contributed by atoms with Crippen molar-refractivity contribution in [2.24, 2.45) is 0 Å². The van der Waals surface area contributed by atoms with Gasteiger partial charge in [0, 0.05) is 19.3 Å². The average molecular weight is 261 g/mol. The second-order valence-electron chi connectivity index (χ2n) is 4.72. The van der Waals surface area contributed by atoms with E-state index in [0.29, 0.717) is 18.8 Å². The molecule has 0 bridgehead atoms. The fourth-order valence-electron chi connectivity index (χ4n) is 2.18. The Balaban J connectivity index is 2.23. The zero-order chi connectivity index (χ0) is 13.8. The van der Waals surface area contributed by atoms with Gasteiger partial charge in [-0.3, -0.25) is 14.6 Å². The molecule has 2 amide bonds. The number of carbonyl (C=O) groups excluding carboxylic acids is 2. The molecule has 0 saturated carbocycles. The molecule has 0 radical (unpaired) electrons. The van der Waals surface area contributed by atoms with Crippen LogP contribution in [-0.4, -0.2) is 40.8 Å². The summed E-state index contributed by atoms with van der Waals surface area (Å²) in [6.07, 6.45) is 3.28. The van der Waals surface area contributed by atoms with Crippen LogP contribution in [0.15, 0.2) is 18.3 Å². The van der Waals surface area contributed by atoms with E-state index in [9.17, 15) is 9.59 Å². The lowest BCUT2D eigenvalue weighted by molar-refractivity contribution is -0.124. The smallest absolute Gasteiger partial charge is 0.273 e. The van der Waals surface area contributed by atoms with Crippen molar-refractivity contribution in [2.45, 2.75) is 32.7 Å². The van der Waals surface area contributed by atoms with Crippen molar-refractivity contribution >= 4 is 11.8 Å². The molecule has 2 heterocycles. The van der Waals surface area contributed by atoms with Gasteiger partial charge in [0.15, 0.2) is 0 Å². The van der Waals surface area contributed by atoms with Gasteiger partial charge < -0.3 is 10.2 Å². The van der Waals surface area contributed by atoms with Gasteiger partial charge in [0.2, 0.25) is 5.91 Å². The van der Waals surface area contributed by atoms with Crippen molar-refractivity contribution in [1.82, 2.24) is 15.2 Å². The van der Waals surface area contributed by atoms with E-state index in [1.54, 1.807) is 24.1 Å². The van der Waals surface area contributed by atoms with Crippen LogP contribution in [0.2, 0.25) is 0 Å². The summed E-state index contributed by atoms with van der Waals surface area (Å²) in [5, 5.41) is 2.80. The van der Waals surface area contributed by atoms with Gasteiger partial charge in [-0.2, -0.15) is 0 Å². The third-order valence-electron chi connectivity index (χ3n) is 3.43. The Morgan fingerprint density at radius 3 is 3.11 bits per heavy atom. The lowest BCUT2D eigenvalue weighted by Gasteiger charge is -2.25. The number of hydrogen-bond acceptors (Lipinski definition) is 3. The first kappa shape index (κ1) is 13.5. The maximum absolute atomic E-state index is 12.5. The normalized spacial score (nSPS) is 19.8. The van der Waals surface area contributed by atoms with Crippen LogP contribution in [0.3, 0.4) is 0 Å². The summed E-state index contributed by atoms with van der Waals surface area (Å²) < 4.78 is 0. The Labute approximate surface area is 113 Å². The van der Waals surface area contributed by atoms with Crippen molar-refractivity contribution in [3.05, 3.63) is 29.6 Å². The van der Waals surface area contributed by atoms with Crippen LogP contribution in [0, 0.1) is 0 Å². The summed E-state index contributed by atoms with van der Waals surface area (Å²) in [6.45, 7) is 4.99. The second-order valence-corrected chi connectivity index (χ2v) is 4.72. The van der Waals surface area contributed by atoms with Crippen molar-refractivity contribution < 1.29 is 9.59 Å². The number of carbonyl (C=O) groups is 2. The van der Waals surface area contributed by atoms with Crippen LogP contribution in [0.4, 0.5) is 0 Å². The molecule has 102 valence electrons. The number of nitrogens with zero attached hydrogens (tertiary/aromatic N) is 2. The lowest BCUT2D eigenvalue weighted by Crippen LogP contribution is -2.45. The zero-order valence-electron chi connectivity index (χ0n) is 11.3. The van der Waals surface area contributed by atoms with E-state index in [0.717, 1.165) is 18.4 Å². The highest BCUT2D eigenvalue weighted by molar-refractivity contribution is 5.96. The van der Waals surface area contributed by atoms with Crippen LogP contribution >= 0.6 is 0 Å². The molecule has 19 heavy (non-hydrogen) atoms. The minimum atomic E-state index is -0.443. The van der Waals surface area contributed by atoms with Gasteiger partial charge in [-0.05, 0) is 37.5 Å². The number of amides is 2. The molecule has 0 spiro atoms. The Hall–Kier alpha value is -1.91. The van der Waals surface area contributed by atoms with Gasteiger partial charge >= 0.3 is 0 Å². The molecular weight excluding hydrogens is 242 g/mol. The molecule has 5 heteroatoms. The highest BCUT2D eigenvalue weighted by Crippen LogP contribution is 2.11. The molecule has 0 aromatic carbocycles. The molecule has 0 unspecified atom stereocenters. The van der Waals surface area contributed by atoms with E-state index >= 15 is 0 Å². The van der Waals surface area contributed by atoms with Gasteiger partial charge in [0.25, 0.3) is 5.91 Å². The van der Waals surface area contributed by atoms with Crippen LogP contribution in [0.25, 0.3) is 0 Å². The largest absolute Gasteiger partial charge is 0.354 e. The molecule has 1 aromatic heterocycles. The maximum Gasteiger partial charge on any atom is 0.273 e. The van der Waals surface area contributed by atoms with E-state index in [2.05, 4.69) is 10.3 Å². The van der Waals surface area contributed by atoms with Crippen molar-refractivity contribution in [1.29, 1.82) is 0 Å². The predicted molar refractivity (Wildman–Crippen MR) is 71.7 cm³/mol. The number of aromatic nitrogens is 1. The summed E-state index contributed by atoms with van der Waals surface area (Å²) >= 11 is 0. The lowest BCUT2D eigenvalue weighted by atomic mass is 10.1. The standard InChI is InChI=1S/C14H19N3O2/c1-3-11-5-7-15-12(9-11)14(19)17-8-4-6-16-13(18)10(17)2/h5,7,9-10H,3-4,6,8H2,1-2H3,(H,16,18)/t10-/m0/s1. The van der Waals surface area contributed by atoms with Crippen LogP contribution in [-0.2, 0) is 11.2 Å². The van der Waals surface area contributed by atoms with E-state index in [4.69, 9.17) is 0 Å². The molecule has 0 aliphatic carbocycles. The highest BCUT2D eigenvalue weighted by atomic mass is 16.2. The molecule has 2 rings (SSSR count). The Morgan fingerprint density at radius 1 is 1.58 bits per heavy atom. The first-order chi connectivity index (χ1) is 9.13. The topological polar surface area (TPSA) is 62.3 Å². The van der Waals surface area contributed by atoms with Crippen LogP contribution in [0.1, 0.15) is 36.3 Å². The van der Waals surface area contributed by atoms with Crippen molar-refractivity contribution in [2.75, 3.05) is 13.1 Å². The molecule has 1 N–H and O–H groups in total. The first-order valence-electron chi connectivity index (χ1n) is 6.67. The molecule has 1 fully saturated rings. The number of aryl methyl sites for hydroxylation is 1. The van der Waals surface area contributed by atoms with Crippen molar-refractivity contribution in [3.63, 3.8) is 0 Å². The van der Waals surface area contributed by atoms with E-state index in [-0.39, 0.29) is 11.8 Å². The second kappa shape index (κ2) is 5.82. The number of pyridine rings is 1. The SMILES string of the molecule is CCc1ccnc(C(=O)N2CCCNC(=O)[C@@H]2C)c1. The summed E-state index contributed by atoms with van der Waals surface area (Å²) in [5.41, 5.74) is 1.49. The number of rotatable bonds is 2. The summed E-state index contributed by atoms with van der Waals surface area (Å²) in [4.78, 5) is 29.9. The molecular formula is C14H19N3O2. The van der Waals surface area contributed by atoms with Gasteiger partial charge in [-0.15, -0.1) is 0 Å². The average Bonchev–Trinajstić information content (AvgIpc) is 2.61. The Bertz CT molecular complexity index is 487. The molecule has 5 nitrogen and oxygen atoms in total. The fraction of sp³-hybridized carbons (Fsp3) is 0.500. The zero-order valence-corrected chi connectivity index (χ0v) is 11.3. The van der Waals surface area contributed by atoms with E-state index < -0.39 is 6.04 Å². The van der Waals surface area contributed by atoms with Gasteiger partial charge in [-0.1, -0.05) is 6.92 Å². The fourth-order valence-corrected chi connectivity index (χ4v) is 2.18. The summed E-state index contributed by atoms with van der Waals surface area (Å²) in [7, 11) is 0. The molecule has 1 aromatic rings. The third-order valence-corrected chi connectivity index (χ3v) is 3.43. The summed E-state index contributed by atoms with van der Waals surface area (Å²) in [5.74, 6) is -0.266. The van der Waals surface area contributed by atoms with Crippen LogP contribution < -0.4 is 5.32 Å². The number of hydrogen-bond donors (Lipinski definition) is 1. The van der Waals surface area contributed by atoms with Crippen molar-refractivity contribution in [3.8, 4) is 0 Å². The molecule has 1 aliphatic rings. The molecule has 1 saturated heterocycles. The summed E-state index contributed by atoms with van der Waals surface area (Å²) in [6, 6.07) is 3.26. The number of nitrogens with one attached hydrogen (secondary N) is 1. The minimum absolute atomic E-state index is 0.0995. The highest BCUT2D eigenvalue weighted by Gasteiger charge is 2.29. The van der Waals surface area contributed by atoms with Crippen LogP contribution in [0.5, 0.6) is 0 Å². The van der Waals surface area contributed by atoms with Gasteiger partial charge in [0.05, 0.1) is 0 Å². The Morgan fingerprint density at radius 2 is 2.37 bits per heavy atom. The quantitative estimate of drug-likeness (QED) is 0.863. The Kier molecular flexibility index (Phi) is 4.14. The molecule has 1 atom stereocenters. The predicted octanol–water partition coefficient (Wildman–Crippen LogP) is 0.995. The molecule has 1 aliphatic heterocycles. The monoisotopic (exact) mass is 261 g/mol. The minimum Gasteiger partial charge on any atom is -0.354 e. The van der Waals surface area contributed by atoms with E-state index in [1.165, 1.54) is 0 Å².